The van der Waals surface area contributed by atoms with E-state index in [9.17, 15) is 9.90 Å². The van der Waals surface area contributed by atoms with E-state index in [2.05, 4.69) is 10.4 Å². The highest BCUT2D eigenvalue weighted by Gasteiger charge is 2.07. The molecule has 112 valence electrons. The number of aromatic nitrogens is 2. The van der Waals surface area contributed by atoms with Crippen molar-refractivity contribution in [2.24, 2.45) is 0 Å². The van der Waals surface area contributed by atoms with Gasteiger partial charge in [0.25, 0.3) is 0 Å². The van der Waals surface area contributed by atoms with Crippen LogP contribution in [0.3, 0.4) is 0 Å². The summed E-state index contributed by atoms with van der Waals surface area (Å²) < 4.78 is 1.52. The highest BCUT2D eigenvalue weighted by Crippen LogP contribution is 2.24. The summed E-state index contributed by atoms with van der Waals surface area (Å²) >= 11 is 0. The van der Waals surface area contributed by atoms with E-state index in [-0.39, 0.29) is 12.5 Å². The number of Topliss-reactive ketones (excluding diaryl/α,β-unsaturated/α-hetero) is 1. The Bertz CT molecular complexity index is 852. The van der Waals surface area contributed by atoms with Crippen molar-refractivity contribution in [3.63, 3.8) is 0 Å². The number of carbonyl (C=O) groups is 1. The van der Waals surface area contributed by atoms with Crippen molar-refractivity contribution >= 4 is 28.1 Å². The molecule has 0 aliphatic rings. The van der Waals surface area contributed by atoms with Gasteiger partial charge in [-0.05, 0) is 49.7 Å². The van der Waals surface area contributed by atoms with Gasteiger partial charge in [-0.15, -0.1) is 0 Å². The van der Waals surface area contributed by atoms with Crippen molar-refractivity contribution in [3.8, 4) is 0 Å². The summed E-state index contributed by atoms with van der Waals surface area (Å²) in [4.78, 5) is 11.6. The zero-order valence-corrected chi connectivity index (χ0v) is 12.5. The molecule has 0 fully saturated rings. The van der Waals surface area contributed by atoms with Gasteiger partial charge in [0, 0.05) is 22.3 Å². The van der Waals surface area contributed by atoms with Crippen LogP contribution in [-0.2, 0) is 6.73 Å². The summed E-state index contributed by atoms with van der Waals surface area (Å²) in [5.41, 5.74) is 4.26. The molecular formula is C17H17N3O2. The molecule has 0 saturated heterocycles. The maximum absolute atomic E-state index is 11.6. The zero-order valence-electron chi connectivity index (χ0n) is 12.5. The third-order valence-corrected chi connectivity index (χ3v) is 3.68. The summed E-state index contributed by atoms with van der Waals surface area (Å²) in [7, 11) is 0. The van der Waals surface area contributed by atoms with Crippen LogP contribution in [0.1, 0.15) is 22.8 Å². The highest BCUT2D eigenvalue weighted by molar-refractivity contribution is 5.96. The minimum atomic E-state index is -0.161. The smallest absolute Gasteiger partial charge is 0.160 e. The number of ketones is 1. The fourth-order valence-corrected chi connectivity index (χ4v) is 2.51. The van der Waals surface area contributed by atoms with Crippen LogP contribution >= 0.6 is 0 Å². The van der Waals surface area contributed by atoms with Gasteiger partial charge in [-0.25, -0.2) is 4.68 Å². The molecule has 2 aromatic carbocycles. The standard InChI is InChI=1S/C17H17N3O2/c1-11-3-5-14(7-16(11)12(2)22)19-15-6-4-13-9-18-20(10-21)17(13)8-15/h3-9,19,21H,10H2,1-2H3. The second-order valence-corrected chi connectivity index (χ2v) is 5.27. The quantitative estimate of drug-likeness (QED) is 0.725. The van der Waals surface area contributed by atoms with E-state index in [0.717, 1.165) is 27.8 Å². The number of rotatable bonds is 4. The summed E-state index contributed by atoms with van der Waals surface area (Å²) in [5.74, 6) is 0.0509. The average Bonchev–Trinajstić information content (AvgIpc) is 2.91. The Kier molecular flexibility index (Phi) is 3.65. The largest absolute Gasteiger partial charge is 0.374 e. The van der Waals surface area contributed by atoms with E-state index < -0.39 is 0 Å². The van der Waals surface area contributed by atoms with Gasteiger partial charge in [-0.1, -0.05) is 6.07 Å². The Hall–Kier alpha value is -2.66. The summed E-state index contributed by atoms with van der Waals surface area (Å²) in [6, 6.07) is 11.5. The first-order chi connectivity index (χ1) is 10.6. The number of nitrogens with one attached hydrogen (secondary N) is 1. The molecule has 0 unspecified atom stereocenters. The number of aryl methyl sites for hydroxylation is 1. The van der Waals surface area contributed by atoms with Crippen LogP contribution in [0.5, 0.6) is 0 Å². The molecule has 0 atom stereocenters. The minimum Gasteiger partial charge on any atom is -0.374 e. The van der Waals surface area contributed by atoms with Gasteiger partial charge < -0.3 is 10.4 Å². The minimum absolute atomic E-state index is 0.0509. The maximum Gasteiger partial charge on any atom is 0.160 e. The maximum atomic E-state index is 11.6. The van der Waals surface area contributed by atoms with Gasteiger partial charge >= 0.3 is 0 Å². The molecule has 5 nitrogen and oxygen atoms in total. The molecule has 0 spiro atoms. The lowest BCUT2D eigenvalue weighted by molar-refractivity contribution is 0.101. The van der Waals surface area contributed by atoms with E-state index in [1.54, 1.807) is 13.1 Å². The van der Waals surface area contributed by atoms with Gasteiger partial charge in [-0.2, -0.15) is 5.10 Å². The highest BCUT2D eigenvalue weighted by atomic mass is 16.3. The molecule has 0 amide bonds. The van der Waals surface area contributed by atoms with Crippen LogP contribution in [0.2, 0.25) is 0 Å². The van der Waals surface area contributed by atoms with E-state index in [0.29, 0.717) is 5.56 Å². The Labute approximate surface area is 128 Å². The number of nitrogens with zero attached hydrogens (tertiary/aromatic N) is 2. The molecule has 3 aromatic rings. The van der Waals surface area contributed by atoms with Crippen molar-refractivity contribution in [3.05, 3.63) is 53.7 Å². The number of hydrogen-bond acceptors (Lipinski definition) is 4. The van der Waals surface area contributed by atoms with E-state index in [1.165, 1.54) is 4.68 Å². The Balaban J connectivity index is 1.96. The van der Waals surface area contributed by atoms with Crippen LogP contribution in [0.4, 0.5) is 11.4 Å². The number of aliphatic hydroxyl groups is 1. The number of hydrogen-bond donors (Lipinski definition) is 2. The number of aliphatic hydroxyl groups excluding tert-OH is 1. The van der Waals surface area contributed by atoms with Gasteiger partial charge in [0.15, 0.2) is 5.78 Å². The normalized spacial score (nSPS) is 10.9. The molecule has 0 bridgehead atoms. The Morgan fingerprint density at radius 2 is 1.95 bits per heavy atom. The van der Waals surface area contributed by atoms with Gasteiger partial charge in [0.1, 0.15) is 6.73 Å². The van der Waals surface area contributed by atoms with Crippen molar-refractivity contribution < 1.29 is 9.90 Å². The molecule has 0 aliphatic carbocycles. The molecule has 1 heterocycles. The van der Waals surface area contributed by atoms with E-state index >= 15 is 0 Å². The molecule has 0 aliphatic heterocycles. The molecule has 22 heavy (non-hydrogen) atoms. The van der Waals surface area contributed by atoms with Gasteiger partial charge in [-0.3, -0.25) is 4.79 Å². The molecule has 3 rings (SSSR count). The average molecular weight is 295 g/mol. The third kappa shape index (κ3) is 2.58. The van der Waals surface area contributed by atoms with Crippen molar-refractivity contribution in [2.45, 2.75) is 20.6 Å². The predicted octanol–water partition coefficient (Wildman–Crippen LogP) is 3.24. The molecule has 0 saturated carbocycles. The molecule has 2 N–H and O–H groups in total. The second kappa shape index (κ2) is 5.61. The topological polar surface area (TPSA) is 67.2 Å². The lowest BCUT2D eigenvalue weighted by atomic mass is 10.0. The molecule has 5 heteroatoms. The number of fused-ring (bicyclic) bond motifs is 1. The number of benzene rings is 2. The lowest BCUT2D eigenvalue weighted by Gasteiger charge is -2.10. The fraction of sp³-hybridized carbons (Fsp3) is 0.176. The van der Waals surface area contributed by atoms with E-state index in [1.807, 2.05) is 43.3 Å². The lowest BCUT2D eigenvalue weighted by Crippen LogP contribution is -2.00. The van der Waals surface area contributed by atoms with Gasteiger partial charge in [0.05, 0.1) is 11.7 Å². The number of carbonyl (C=O) groups excluding carboxylic acids is 1. The first-order valence-corrected chi connectivity index (χ1v) is 7.03. The first-order valence-electron chi connectivity index (χ1n) is 7.03. The number of anilines is 2. The predicted molar refractivity (Wildman–Crippen MR) is 86.4 cm³/mol. The zero-order chi connectivity index (χ0) is 15.7. The second-order valence-electron chi connectivity index (χ2n) is 5.27. The summed E-state index contributed by atoms with van der Waals surface area (Å²) in [6.07, 6.45) is 1.72. The van der Waals surface area contributed by atoms with Gasteiger partial charge in [0.2, 0.25) is 0 Å². The summed E-state index contributed by atoms with van der Waals surface area (Å²) in [6.45, 7) is 3.33. The molecule has 0 radical (unpaired) electrons. The van der Waals surface area contributed by atoms with Crippen molar-refractivity contribution in [2.75, 3.05) is 5.32 Å². The van der Waals surface area contributed by atoms with Crippen molar-refractivity contribution in [1.29, 1.82) is 0 Å². The van der Waals surface area contributed by atoms with Crippen LogP contribution < -0.4 is 5.32 Å². The SMILES string of the molecule is CC(=O)c1cc(Nc2ccc3cnn(CO)c3c2)ccc1C. The van der Waals surface area contributed by atoms with Crippen LogP contribution in [0.25, 0.3) is 10.9 Å². The monoisotopic (exact) mass is 295 g/mol. The van der Waals surface area contributed by atoms with E-state index in [4.69, 9.17) is 0 Å². The van der Waals surface area contributed by atoms with Crippen LogP contribution in [0.15, 0.2) is 42.6 Å². The first kappa shape index (κ1) is 14.3. The summed E-state index contributed by atoms with van der Waals surface area (Å²) in [5, 5.41) is 17.6. The van der Waals surface area contributed by atoms with Crippen LogP contribution in [0, 0.1) is 6.92 Å². The van der Waals surface area contributed by atoms with Crippen LogP contribution in [-0.4, -0.2) is 20.7 Å². The molecule has 1 aromatic heterocycles. The fourth-order valence-electron chi connectivity index (χ4n) is 2.51. The molecular weight excluding hydrogens is 278 g/mol. The van der Waals surface area contributed by atoms with Crippen molar-refractivity contribution in [1.82, 2.24) is 9.78 Å². The Morgan fingerprint density at radius 1 is 1.23 bits per heavy atom. The Morgan fingerprint density at radius 3 is 2.68 bits per heavy atom. The third-order valence-electron chi connectivity index (χ3n) is 3.68.